The van der Waals surface area contributed by atoms with E-state index in [-0.39, 0.29) is 5.69 Å². The summed E-state index contributed by atoms with van der Waals surface area (Å²) in [6.07, 6.45) is 2.91. The highest BCUT2D eigenvalue weighted by atomic mass is 16.6. The molecule has 1 unspecified atom stereocenters. The maximum atomic E-state index is 11.9. The fourth-order valence-electron chi connectivity index (χ4n) is 2.17. The van der Waals surface area contributed by atoms with E-state index in [1.165, 1.54) is 24.3 Å². The normalized spacial score (nSPS) is 21.2. The SMILES string of the molecule is O=[N+]([O-])c1ccc(NN=[N+]([O-])C2CCCCC2=NO)cc1. The Labute approximate surface area is 120 Å². The van der Waals surface area contributed by atoms with E-state index in [2.05, 4.69) is 15.8 Å². The molecular formula is C12H15N5O4. The monoisotopic (exact) mass is 293 g/mol. The first-order chi connectivity index (χ1) is 10.1. The zero-order chi connectivity index (χ0) is 15.2. The Balaban J connectivity index is 2.04. The molecule has 1 aromatic carbocycles. The maximum Gasteiger partial charge on any atom is 0.269 e. The number of nitro benzene ring substituents is 1. The molecule has 0 heterocycles. The van der Waals surface area contributed by atoms with Crippen LogP contribution in [0.3, 0.4) is 0 Å². The van der Waals surface area contributed by atoms with Gasteiger partial charge in [0.25, 0.3) is 5.69 Å². The molecule has 9 nitrogen and oxygen atoms in total. The van der Waals surface area contributed by atoms with Gasteiger partial charge >= 0.3 is 0 Å². The Bertz CT molecular complexity index is 570. The van der Waals surface area contributed by atoms with Gasteiger partial charge in [0.05, 0.1) is 10.1 Å². The van der Waals surface area contributed by atoms with Crippen LogP contribution in [0.5, 0.6) is 0 Å². The first-order valence-corrected chi connectivity index (χ1v) is 6.50. The van der Waals surface area contributed by atoms with Crippen molar-refractivity contribution in [1.82, 2.24) is 0 Å². The van der Waals surface area contributed by atoms with Gasteiger partial charge < -0.3 is 10.4 Å². The molecule has 0 bridgehead atoms. The number of oxime groups is 1. The Kier molecular flexibility index (Phi) is 4.64. The van der Waals surface area contributed by atoms with Crippen LogP contribution in [0.15, 0.2) is 34.6 Å². The molecular weight excluding hydrogens is 278 g/mol. The van der Waals surface area contributed by atoms with Gasteiger partial charge in [-0.15, -0.1) is 5.43 Å². The fraction of sp³-hybridized carbons (Fsp3) is 0.417. The van der Waals surface area contributed by atoms with Crippen LogP contribution in [0, 0.1) is 15.3 Å². The van der Waals surface area contributed by atoms with Crippen molar-refractivity contribution in [3.8, 4) is 0 Å². The Morgan fingerprint density at radius 3 is 2.57 bits per heavy atom. The summed E-state index contributed by atoms with van der Waals surface area (Å²) in [5.74, 6) is 0. The van der Waals surface area contributed by atoms with E-state index in [4.69, 9.17) is 5.21 Å². The van der Waals surface area contributed by atoms with E-state index in [9.17, 15) is 15.3 Å². The molecule has 0 aliphatic heterocycles. The van der Waals surface area contributed by atoms with Crippen LogP contribution in [0.2, 0.25) is 0 Å². The summed E-state index contributed by atoms with van der Waals surface area (Å²) in [5.41, 5.74) is 3.37. The molecule has 0 amide bonds. The smallest absolute Gasteiger partial charge is 0.269 e. The molecule has 1 atom stereocenters. The van der Waals surface area contributed by atoms with Gasteiger partial charge in [-0.1, -0.05) is 5.16 Å². The molecule has 1 aliphatic rings. The van der Waals surface area contributed by atoms with Gasteiger partial charge in [-0.05, 0) is 37.8 Å². The molecule has 1 saturated carbocycles. The molecule has 2 rings (SSSR count). The van der Waals surface area contributed by atoms with Crippen molar-refractivity contribution >= 4 is 17.1 Å². The van der Waals surface area contributed by atoms with Crippen LogP contribution < -0.4 is 5.43 Å². The third-order valence-corrected chi connectivity index (χ3v) is 3.30. The van der Waals surface area contributed by atoms with Gasteiger partial charge in [-0.3, -0.25) is 10.1 Å². The molecule has 0 radical (unpaired) electrons. The van der Waals surface area contributed by atoms with Crippen molar-refractivity contribution in [3.05, 3.63) is 39.6 Å². The second-order valence-corrected chi connectivity index (χ2v) is 4.67. The molecule has 9 heteroatoms. The van der Waals surface area contributed by atoms with Crippen molar-refractivity contribution in [2.45, 2.75) is 31.7 Å². The van der Waals surface area contributed by atoms with E-state index in [1.807, 2.05) is 0 Å². The van der Waals surface area contributed by atoms with E-state index in [0.29, 0.717) is 29.1 Å². The summed E-state index contributed by atoms with van der Waals surface area (Å²) in [5, 5.41) is 38.1. The Morgan fingerprint density at radius 2 is 1.95 bits per heavy atom. The highest BCUT2D eigenvalue weighted by Gasteiger charge is 2.25. The lowest BCUT2D eigenvalue weighted by Crippen LogP contribution is -2.33. The van der Waals surface area contributed by atoms with Crippen LogP contribution in [-0.2, 0) is 0 Å². The standard InChI is InChI=1S/C12H15N5O4/c18-14-11-3-1-2-4-12(11)16(19)15-13-9-5-7-10(8-6-9)17(20)21/h5-8,12-13,18H,1-4H2. The number of anilines is 1. The fourth-order valence-corrected chi connectivity index (χ4v) is 2.17. The topological polar surface area (TPSA) is 126 Å². The second-order valence-electron chi connectivity index (χ2n) is 4.67. The van der Waals surface area contributed by atoms with Gasteiger partial charge in [0, 0.05) is 12.1 Å². The molecule has 112 valence electrons. The first-order valence-electron chi connectivity index (χ1n) is 6.50. The van der Waals surface area contributed by atoms with Crippen LogP contribution in [0.25, 0.3) is 0 Å². The summed E-state index contributed by atoms with van der Waals surface area (Å²) < 4.78 is 0. The van der Waals surface area contributed by atoms with Crippen molar-refractivity contribution in [3.63, 3.8) is 0 Å². The summed E-state index contributed by atoms with van der Waals surface area (Å²) in [6, 6.07) is 4.96. The second kappa shape index (κ2) is 6.64. The van der Waals surface area contributed by atoms with Crippen molar-refractivity contribution in [2.24, 2.45) is 10.4 Å². The molecule has 1 aliphatic carbocycles. The van der Waals surface area contributed by atoms with Crippen LogP contribution >= 0.6 is 0 Å². The van der Waals surface area contributed by atoms with Gasteiger partial charge in [0.2, 0.25) is 0 Å². The van der Waals surface area contributed by atoms with Crippen molar-refractivity contribution in [1.29, 1.82) is 0 Å². The summed E-state index contributed by atoms with van der Waals surface area (Å²) in [6.45, 7) is 0. The maximum absolute atomic E-state index is 11.9. The number of hydroxylamine groups is 1. The lowest BCUT2D eigenvalue weighted by Gasteiger charge is -2.23. The molecule has 0 aromatic heterocycles. The molecule has 0 saturated heterocycles. The minimum atomic E-state index is -0.575. The Morgan fingerprint density at radius 1 is 1.24 bits per heavy atom. The minimum Gasteiger partial charge on any atom is -0.695 e. The largest absolute Gasteiger partial charge is 0.695 e. The van der Waals surface area contributed by atoms with Crippen LogP contribution in [-0.4, -0.2) is 26.7 Å². The number of nitrogens with zero attached hydrogens (tertiary/aromatic N) is 4. The molecule has 21 heavy (non-hydrogen) atoms. The van der Waals surface area contributed by atoms with Gasteiger partial charge in [0.1, 0.15) is 11.4 Å². The number of rotatable bonds is 4. The lowest BCUT2D eigenvalue weighted by molar-refractivity contribution is -0.551. The zero-order valence-corrected chi connectivity index (χ0v) is 11.2. The number of benzene rings is 1. The van der Waals surface area contributed by atoms with E-state index in [0.717, 1.165) is 12.8 Å². The predicted molar refractivity (Wildman–Crippen MR) is 74.3 cm³/mol. The number of non-ortho nitro benzene ring substituents is 1. The Hall–Kier alpha value is -2.71. The lowest BCUT2D eigenvalue weighted by atomic mass is 9.94. The number of nitrogens with one attached hydrogen (secondary N) is 1. The molecule has 1 fully saturated rings. The van der Waals surface area contributed by atoms with Gasteiger partial charge in [-0.2, -0.15) is 4.86 Å². The molecule has 0 spiro atoms. The van der Waals surface area contributed by atoms with E-state index < -0.39 is 11.0 Å². The summed E-state index contributed by atoms with van der Waals surface area (Å²) in [7, 11) is 0. The number of nitro groups is 1. The average molecular weight is 293 g/mol. The predicted octanol–water partition coefficient (Wildman–Crippen LogP) is 2.66. The van der Waals surface area contributed by atoms with Gasteiger partial charge in [0.15, 0.2) is 6.04 Å². The molecule has 2 N–H and O–H groups in total. The number of hydrogen-bond donors (Lipinski definition) is 2. The van der Waals surface area contributed by atoms with E-state index in [1.54, 1.807) is 0 Å². The van der Waals surface area contributed by atoms with Crippen LogP contribution in [0.1, 0.15) is 25.7 Å². The van der Waals surface area contributed by atoms with Crippen LogP contribution in [0.4, 0.5) is 11.4 Å². The third-order valence-electron chi connectivity index (χ3n) is 3.30. The summed E-state index contributed by atoms with van der Waals surface area (Å²) >= 11 is 0. The average Bonchev–Trinajstić information content (AvgIpc) is 2.52. The van der Waals surface area contributed by atoms with Gasteiger partial charge in [-0.25, -0.2) is 0 Å². The summed E-state index contributed by atoms with van der Waals surface area (Å²) in [4.78, 5) is 10.5. The van der Waals surface area contributed by atoms with E-state index >= 15 is 0 Å². The highest BCUT2D eigenvalue weighted by molar-refractivity contribution is 5.88. The zero-order valence-electron chi connectivity index (χ0n) is 11.2. The highest BCUT2D eigenvalue weighted by Crippen LogP contribution is 2.19. The van der Waals surface area contributed by atoms with Crippen molar-refractivity contribution in [2.75, 3.05) is 5.43 Å². The minimum absolute atomic E-state index is 0.0403. The molecule has 1 aromatic rings. The quantitative estimate of drug-likeness (QED) is 0.290. The first kappa shape index (κ1) is 14.7. The number of hydrogen-bond acceptors (Lipinski definition) is 6. The van der Waals surface area contributed by atoms with Crippen molar-refractivity contribution < 1.29 is 15.0 Å². The third kappa shape index (κ3) is 3.65.